The molecule has 0 fully saturated rings. The quantitative estimate of drug-likeness (QED) is 0.906. The molecule has 0 unspecified atom stereocenters. The second-order valence-corrected chi connectivity index (χ2v) is 6.02. The second-order valence-electron chi connectivity index (χ2n) is 4.11. The molecule has 0 aromatic carbocycles. The molecule has 2 N–H and O–H groups in total. The van der Waals surface area contributed by atoms with E-state index >= 15 is 0 Å². The van der Waals surface area contributed by atoms with Gasteiger partial charge in [-0.2, -0.15) is 0 Å². The average molecular weight is 329 g/mol. The normalized spacial score (nSPS) is 10.9. The van der Waals surface area contributed by atoms with E-state index in [4.69, 9.17) is 0 Å². The van der Waals surface area contributed by atoms with E-state index in [2.05, 4.69) is 36.4 Å². The van der Waals surface area contributed by atoms with Crippen LogP contribution in [0.4, 0.5) is 0 Å². The lowest BCUT2D eigenvalue weighted by atomic mass is 10.2. The van der Waals surface area contributed by atoms with Crippen molar-refractivity contribution in [3.05, 3.63) is 32.4 Å². The number of hydrogen-bond acceptors (Lipinski definition) is 4. The van der Waals surface area contributed by atoms with E-state index in [1.165, 1.54) is 0 Å². The fraction of sp³-hybridized carbons (Fsp3) is 0.364. The third-order valence-corrected chi connectivity index (χ3v) is 4.00. The summed E-state index contributed by atoms with van der Waals surface area (Å²) >= 11 is 4.96. The molecule has 0 saturated carbocycles. The van der Waals surface area contributed by atoms with E-state index < -0.39 is 0 Å². The summed E-state index contributed by atoms with van der Waals surface area (Å²) < 4.78 is 1.02. The van der Waals surface area contributed by atoms with Gasteiger partial charge in [0, 0.05) is 20.6 Å². The summed E-state index contributed by atoms with van der Waals surface area (Å²) in [6.07, 6.45) is 0. The summed E-state index contributed by atoms with van der Waals surface area (Å²) in [5, 5.41) is 11.4. The first-order chi connectivity index (χ1) is 8.56. The Morgan fingerprint density at radius 1 is 1.61 bits per heavy atom. The Balaban J connectivity index is 1.95. The number of rotatable bonds is 4. The van der Waals surface area contributed by atoms with E-state index in [0.29, 0.717) is 6.54 Å². The van der Waals surface area contributed by atoms with Crippen LogP contribution < -0.4 is 5.32 Å². The molecule has 2 aromatic heterocycles. The first kappa shape index (κ1) is 13.2. The molecule has 0 spiro atoms. The summed E-state index contributed by atoms with van der Waals surface area (Å²) in [4.78, 5) is 17.0. The number of nitrogens with zero attached hydrogens (tertiary/aromatic N) is 2. The van der Waals surface area contributed by atoms with Crippen LogP contribution in [0.5, 0.6) is 0 Å². The molecule has 0 bridgehead atoms. The maximum absolute atomic E-state index is 11.8. The minimum Gasteiger partial charge on any atom is -0.344 e. The Bertz CT molecular complexity index is 549. The van der Waals surface area contributed by atoms with Gasteiger partial charge in [-0.05, 0) is 22.0 Å². The Labute approximate surface area is 117 Å². The molecule has 0 aliphatic rings. The molecule has 0 saturated heterocycles. The minimum absolute atomic E-state index is 0.189. The zero-order valence-electron chi connectivity index (χ0n) is 10.0. The number of aromatic amines is 1. The molecule has 0 aliphatic heterocycles. The van der Waals surface area contributed by atoms with Gasteiger partial charge < -0.3 is 5.32 Å². The molecule has 2 aromatic rings. The number of H-pyrrole nitrogens is 1. The van der Waals surface area contributed by atoms with Gasteiger partial charge in [-0.3, -0.25) is 9.89 Å². The lowest BCUT2D eigenvalue weighted by Crippen LogP contribution is -2.23. The number of halogens is 1. The lowest BCUT2D eigenvalue weighted by Gasteiger charge is -1.99. The molecular weight excluding hydrogens is 316 g/mol. The zero-order chi connectivity index (χ0) is 13.1. The van der Waals surface area contributed by atoms with E-state index in [-0.39, 0.29) is 17.6 Å². The number of amides is 1. The first-order valence-electron chi connectivity index (χ1n) is 5.49. The van der Waals surface area contributed by atoms with Gasteiger partial charge in [0.1, 0.15) is 5.82 Å². The number of thiophene rings is 1. The highest BCUT2D eigenvalue weighted by Gasteiger charge is 2.13. The number of nitrogens with one attached hydrogen (secondary N) is 2. The van der Waals surface area contributed by atoms with Gasteiger partial charge in [0.25, 0.3) is 5.91 Å². The van der Waals surface area contributed by atoms with Gasteiger partial charge in [0.2, 0.25) is 5.82 Å². The molecular formula is C11H13BrN4OS. The Morgan fingerprint density at radius 3 is 2.94 bits per heavy atom. The zero-order valence-corrected chi connectivity index (χ0v) is 12.4. The highest BCUT2D eigenvalue weighted by atomic mass is 79.9. The number of carbonyl (C=O) groups is 1. The van der Waals surface area contributed by atoms with Crippen molar-refractivity contribution in [2.75, 3.05) is 0 Å². The van der Waals surface area contributed by atoms with Gasteiger partial charge in [0.15, 0.2) is 0 Å². The summed E-state index contributed by atoms with van der Waals surface area (Å²) in [5.41, 5.74) is 0. The molecule has 0 atom stereocenters. The van der Waals surface area contributed by atoms with Crippen molar-refractivity contribution < 1.29 is 4.79 Å². The fourth-order valence-electron chi connectivity index (χ4n) is 1.33. The molecule has 2 heterocycles. The Hall–Kier alpha value is -1.21. The molecule has 7 heteroatoms. The predicted molar refractivity (Wildman–Crippen MR) is 73.7 cm³/mol. The fourth-order valence-corrected chi connectivity index (χ4v) is 2.72. The van der Waals surface area contributed by atoms with Crippen LogP contribution in [0.1, 0.15) is 41.1 Å². The third-order valence-electron chi connectivity index (χ3n) is 2.30. The maximum Gasteiger partial charge on any atom is 0.291 e. The van der Waals surface area contributed by atoms with Crippen LogP contribution in [-0.4, -0.2) is 21.1 Å². The molecule has 0 radical (unpaired) electrons. The van der Waals surface area contributed by atoms with Crippen molar-refractivity contribution >= 4 is 33.2 Å². The number of aromatic nitrogens is 3. The van der Waals surface area contributed by atoms with Crippen LogP contribution in [0, 0.1) is 0 Å². The molecule has 1 amide bonds. The highest BCUT2D eigenvalue weighted by molar-refractivity contribution is 9.10. The van der Waals surface area contributed by atoms with Gasteiger partial charge in [-0.15, -0.1) is 16.4 Å². The smallest absolute Gasteiger partial charge is 0.291 e. The van der Waals surface area contributed by atoms with Crippen LogP contribution in [0.3, 0.4) is 0 Å². The van der Waals surface area contributed by atoms with Gasteiger partial charge in [-0.1, -0.05) is 13.8 Å². The van der Waals surface area contributed by atoms with Crippen LogP contribution in [0.15, 0.2) is 15.9 Å². The minimum atomic E-state index is -0.261. The summed E-state index contributed by atoms with van der Waals surface area (Å²) in [6.45, 7) is 4.47. The Kier molecular flexibility index (Phi) is 4.13. The number of carbonyl (C=O) groups excluding carboxylic acids is 1. The van der Waals surface area contributed by atoms with Crippen LogP contribution >= 0.6 is 27.3 Å². The monoisotopic (exact) mass is 328 g/mol. The number of hydrogen-bond donors (Lipinski definition) is 2. The largest absolute Gasteiger partial charge is 0.344 e. The highest BCUT2D eigenvalue weighted by Crippen LogP contribution is 2.19. The van der Waals surface area contributed by atoms with Crippen molar-refractivity contribution in [3.63, 3.8) is 0 Å². The Morgan fingerprint density at radius 2 is 2.39 bits per heavy atom. The van der Waals surface area contributed by atoms with E-state index in [9.17, 15) is 4.79 Å². The lowest BCUT2D eigenvalue weighted by molar-refractivity contribution is 0.0941. The topological polar surface area (TPSA) is 70.7 Å². The van der Waals surface area contributed by atoms with Gasteiger partial charge in [0.05, 0.1) is 6.54 Å². The summed E-state index contributed by atoms with van der Waals surface area (Å²) in [5.74, 6) is 0.878. The SMILES string of the molecule is CC(C)c1nc(C(=O)NCc2cc(Br)cs2)n[nH]1. The van der Waals surface area contributed by atoms with Crippen LogP contribution in [-0.2, 0) is 6.54 Å². The van der Waals surface area contributed by atoms with Gasteiger partial charge in [-0.25, -0.2) is 4.98 Å². The average Bonchev–Trinajstić information content (AvgIpc) is 2.94. The molecule has 5 nitrogen and oxygen atoms in total. The van der Waals surface area contributed by atoms with Crippen molar-refractivity contribution in [1.29, 1.82) is 0 Å². The molecule has 2 rings (SSSR count). The molecule has 96 valence electrons. The van der Waals surface area contributed by atoms with Crippen LogP contribution in [0.25, 0.3) is 0 Å². The molecule has 0 aliphatic carbocycles. The van der Waals surface area contributed by atoms with Crippen LogP contribution in [0.2, 0.25) is 0 Å². The van der Waals surface area contributed by atoms with Crippen molar-refractivity contribution in [2.24, 2.45) is 0 Å². The second kappa shape index (κ2) is 5.62. The van der Waals surface area contributed by atoms with Crippen molar-refractivity contribution in [3.8, 4) is 0 Å². The maximum atomic E-state index is 11.8. The van der Waals surface area contributed by atoms with E-state index in [1.54, 1.807) is 11.3 Å². The molecule has 18 heavy (non-hydrogen) atoms. The van der Waals surface area contributed by atoms with Crippen molar-refractivity contribution in [1.82, 2.24) is 20.5 Å². The predicted octanol–water partition coefficient (Wildman–Crippen LogP) is 2.68. The standard InChI is InChI=1S/C11H13BrN4OS/c1-6(2)9-14-10(16-15-9)11(17)13-4-8-3-7(12)5-18-8/h3,5-6H,4H2,1-2H3,(H,13,17)(H,14,15,16). The third kappa shape index (κ3) is 3.17. The van der Waals surface area contributed by atoms with Crippen molar-refractivity contribution in [2.45, 2.75) is 26.3 Å². The van der Waals surface area contributed by atoms with E-state index in [1.807, 2.05) is 25.3 Å². The summed E-state index contributed by atoms with van der Waals surface area (Å²) in [7, 11) is 0. The first-order valence-corrected chi connectivity index (χ1v) is 7.17. The van der Waals surface area contributed by atoms with E-state index in [0.717, 1.165) is 15.2 Å². The summed E-state index contributed by atoms with van der Waals surface area (Å²) in [6, 6.07) is 1.97. The van der Waals surface area contributed by atoms with Gasteiger partial charge >= 0.3 is 0 Å².